The topological polar surface area (TPSA) is 75.7 Å². The van der Waals surface area contributed by atoms with Gasteiger partial charge in [0.25, 0.3) is 0 Å². The number of halogens is 3. The van der Waals surface area contributed by atoms with Crippen molar-refractivity contribution in [1.29, 1.82) is 0 Å². The van der Waals surface area contributed by atoms with Crippen LogP contribution >= 0.6 is 0 Å². The van der Waals surface area contributed by atoms with Crippen LogP contribution in [0.15, 0.2) is 0 Å². The predicted octanol–water partition coefficient (Wildman–Crippen LogP) is 0.539. The number of carbonyl (C=O) groups is 1. The average molecular weight is 249 g/mol. The number of carbonyl (C=O) groups excluding carboxylic acids is 1. The van der Waals surface area contributed by atoms with E-state index in [-0.39, 0.29) is 6.61 Å². The summed E-state index contributed by atoms with van der Waals surface area (Å²) in [5, 5.41) is 0. The van der Waals surface area contributed by atoms with Crippen LogP contribution in [0, 0.1) is 5.92 Å². The largest absolute Gasteiger partial charge is 0.750 e. The number of hydrogen-bond acceptors (Lipinski definition) is 5. The van der Waals surface area contributed by atoms with Gasteiger partial charge in [-0.25, -0.2) is 4.21 Å². The van der Waals surface area contributed by atoms with Gasteiger partial charge < -0.3 is 9.29 Å². The van der Waals surface area contributed by atoms with Crippen LogP contribution in [0.3, 0.4) is 0 Å². The lowest BCUT2D eigenvalue weighted by Gasteiger charge is -2.18. The van der Waals surface area contributed by atoms with Gasteiger partial charge in [0.15, 0.2) is 5.92 Å². The van der Waals surface area contributed by atoms with Gasteiger partial charge in [-0.3, -0.25) is 8.98 Å². The fourth-order valence-corrected chi connectivity index (χ4v) is 0.910. The highest BCUT2D eigenvalue weighted by Crippen LogP contribution is 2.27. The van der Waals surface area contributed by atoms with Crippen LogP contribution in [0.1, 0.15) is 6.92 Å². The van der Waals surface area contributed by atoms with Gasteiger partial charge in [-0.15, -0.1) is 0 Å². The van der Waals surface area contributed by atoms with Crippen LogP contribution in [0.4, 0.5) is 13.2 Å². The van der Waals surface area contributed by atoms with Crippen molar-refractivity contribution in [3.05, 3.63) is 0 Å². The van der Waals surface area contributed by atoms with Gasteiger partial charge in [0, 0.05) is 0 Å². The molecule has 5 nitrogen and oxygen atoms in total. The maximum atomic E-state index is 12.2. The van der Waals surface area contributed by atoms with Gasteiger partial charge in [-0.2, -0.15) is 13.2 Å². The average Bonchev–Trinajstić information content (AvgIpc) is 2.01. The molecule has 0 heterocycles. The number of rotatable bonds is 5. The Morgan fingerprint density at radius 1 is 1.53 bits per heavy atom. The number of hydrogen-bond donors (Lipinski definition) is 0. The minimum absolute atomic E-state index is 0.230. The zero-order chi connectivity index (χ0) is 12.1. The molecule has 0 bridgehead atoms. The fourth-order valence-electron chi connectivity index (χ4n) is 0.663. The first-order valence-corrected chi connectivity index (χ1v) is 4.75. The van der Waals surface area contributed by atoms with Crippen LogP contribution in [0.2, 0.25) is 0 Å². The van der Waals surface area contributed by atoms with E-state index < -0.39 is 36.0 Å². The standard InChI is InChI=1S/C6H9F3O5S/c1-2-13-5(10)4(6(7,8)9)3-14-15(11)12/h4H,2-3H2,1H3,(H,11,12)/p-1/t4-/m1/s1. The lowest BCUT2D eigenvalue weighted by Crippen LogP contribution is -2.36. The van der Waals surface area contributed by atoms with Crippen LogP contribution in [-0.2, 0) is 25.1 Å². The van der Waals surface area contributed by atoms with Crippen LogP contribution in [-0.4, -0.2) is 34.1 Å². The van der Waals surface area contributed by atoms with Gasteiger partial charge >= 0.3 is 12.1 Å². The summed E-state index contributed by atoms with van der Waals surface area (Å²) in [7, 11) is 0. The molecular weight excluding hydrogens is 241 g/mol. The van der Waals surface area contributed by atoms with Gasteiger partial charge in [-0.1, -0.05) is 0 Å². The number of esters is 1. The smallest absolute Gasteiger partial charge is 0.404 e. The lowest BCUT2D eigenvalue weighted by molar-refractivity contribution is -0.201. The van der Waals surface area contributed by atoms with E-state index in [0.29, 0.717) is 0 Å². The summed E-state index contributed by atoms with van der Waals surface area (Å²) in [6.07, 6.45) is -4.90. The summed E-state index contributed by atoms with van der Waals surface area (Å²) in [4.78, 5) is 10.8. The van der Waals surface area contributed by atoms with E-state index in [2.05, 4.69) is 8.92 Å². The van der Waals surface area contributed by atoms with Gasteiger partial charge in [0.1, 0.15) is 0 Å². The van der Waals surface area contributed by atoms with Crippen molar-refractivity contribution in [2.24, 2.45) is 5.92 Å². The molecule has 0 aromatic rings. The van der Waals surface area contributed by atoms with E-state index in [0.717, 1.165) is 0 Å². The van der Waals surface area contributed by atoms with E-state index in [9.17, 15) is 26.7 Å². The molecule has 0 radical (unpaired) electrons. The Bertz CT molecular complexity index is 241. The Morgan fingerprint density at radius 2 is 2.07 bits per heavy atom. The van der Waals surface area contributed by atoms with Crippen molar-refractivity contribution in [2.45, 2.75) is 13.1 Å². The molecule has 0 aliphatic rings. The van der Waals surface area contributed by atoms with E-state index >= 15 is 0 Å². The predicted molar refractivity (Wildman–Crippen MR) is 41.0 cm³/mol. The molecule has 0 aliphatic heterocycles. The van der Waals surface area contributed by atoms with E-state index in [4.69, 9.17) is 0 Å². The monoisotopic (exact) mass is 249 g/mol. The summed E-state index contributed by atoms with van der Waals surface area (Å²) in [6.45, 7) is -0.206. The first kappa shape index (κ1) is 14.3. The highest BCUT2D eigenvalue weighted by molar-refractivity contribution is 7.74. The van der Waals surface area contributed by atoms with Crippen molar-refractivity contribution in [3.63, 3.8) is 0 Å². The lowest BCUT2D eigenvalue weighted by atomic mass is 10.1. The number of ether oxygens (including phenoxy) is 1. The van der Waals surface area contributed by atoms with Crippen molar-refractivity contribution < 1.29 is 35.6 Å². The molecule has 0 N–H and O–H groups in total. The van der Waals surface area contributed by atoms with E-state index in [1.807, 2.05) is 0 Å². The molecule has 0 saturated carbocycles. The van der Waals surface area contributed by atoms with Crippen LogP contribution in [0.5, 0.6) is 0 Å². The van der Waals surface area contributed by atoms with Crippen molar-refractivity contribution in [3.8, 4) is 0 Å². The minimum Gasteiger partial charge on any atom is -0.750 e. The molecule has 9 heteroatoms. The SMILES string of the molecule is CCOC(=O)[C@@H](COS(=O)[O-])C(F)(F)F. The third-order valence-electron chi connectivity index (χ3n) is 1.30. The molecule has 0 fully saturated rings. The molecule has 2 atom stereocenters. The summed E-state index contributed by atoms with van der Waals surface area (Å²) >= 11 is -3.10. The first-order valence-electron chi connectivity index (χ1n) is 3.75. The molecule has 0 aromatic carbocycles. The Kier molecular flexibility index (Phi) is 5.76. The van der Waals surface area contributed by atoms with Crippen LogP contribution < -0.4 is 0 Å². The molecule has 90 valence electrons. The maximum absolute atomic E-state index is 12.2. The highest BCUT2D eigenvalue weighted by atomic mass is 32.2. The van der Waals surface area contributed by atoms with Crippen molar-refractivity contribution >= 4 is 17.3 Å². The molecule has 1 unspecified atom stereocenters. The summed E-state index contributed by atoms with van der Waals surface area (Å²) in [5.74, 6) is -4.15. The van der Waals surface area contributed by atoms with Crippen molar-refractivity contribution in [1.82, 2.24) is 0 Å². The van der Waals surface area contributed by atoms with Gasteiger partial charge in [0.2, 0.25) is 0 Å². The fraction of sp³-hybridized carbons (Fsp3) is 0.833. The zero-order valence-corrected chi connectivity index (χ0v) is 8.39. The number of alkyl halides is 3. The molecule has 0 saturated heterocycles. The summed E-state index contributed by atoms with van der Waals surface area (Å²) < 4.78 is 64.0. The molecule has 0 aliphatic carbocycles. The normalized spacial score (nSPS) is 15.8. The van der Waals surface area contributed by atoms with Crippen molar-refractivity contribution in [2.75, 3.05) is 13.2 Å². The summed E-state index contributed by atoms with van der Waals surface area (Å²) in [6, 6.07) is 0. The second-order valence-corrected chi connectivity index (χ2v) is 2.98. The van der Waals surface area contributed by atoms with E-state index in [1.165, 1.54) is 6.92 Å². The first-order chi connectivity index (χ1) is 6.79. The Balaban J connectivity index is 4.45. The summed E-state index contributed by atoms with van der Waals surface area (Å²) in [5.41, 5.74) is 0. The Hall–Kier alpha value is -0.670. The van der Waals surface area contributed by atoms with Gasteiger partial charge in [0.05, 0.1) is 24.6 Å². The third kappa shape index (κ3) is 5.70. The maximum Gasteiger partial charge on any atom is 0.404 e. The Labute approximate surface area is 86.0 Å². The molecule has 15 heavy (non-hydrogen) atoms. The highest BCUT2D eigenvalue weighted by Gasteiger charge is 2.46. The Morgan fingerprint density at radius 3 is 2.40 bits per heavy atom. The zero-order valence-electron chi connectivity index (χ0n) is 7.57. The molecule has 0 aromatic heterocycles. The quantitative estimate of drug-likeness (QED) is 0.525. The second-order valence-electron chi connectivity index (χ2n) is 2.33. The van der Waals surface area contributed by atoms with Crippen LogP contribution in [0.25, 0.3) is 0 Å². The molecule has 0 spiro atoms. The second kappa shape index (κ2) is 6.03. The molecular formula is C6H8F3O5S-. The minimum atomic E-state index is -4.90. The molecule has 0 amide bonds. The third-order valence-corrected chi connectivity index (χ3v) is 1.63. The van der Waals surface area contributed by atoms with Gasteiger partial charge in [-0.05, 0) is 6.92 Å². The molecule has 0 rings (SSSR count). The van der Waals surface area contributed by atoms with E-state index in [1.54, 1.807) is 0 Å².